The van der Waals surface area contributed by atoms with Gasteiger partial charge in [0.25, 0.3) is 5.91 Å². The second-order valence-electron chi connectivity index (χ2n) is 5.98. The van der Waals surface area contributed by atoms with Gasteiger partial charge >= 0.3 is 0 Å². The van der Waals surface area contributed by atoms with Crippen LogP contribution in [0.4, 0.5) is 0 Å². The minimum atomic E-state index is -0.433. The lowest BCUT2D eigenvalue weighted by atomic mass is 9.86. The topological polar surface area (TPSA) is 98.8 Å². The van der Waals surface area contributed by atoms with Gasteiger partial charge in [-0.25, -0.2) is 4.98 Å². The number of hydrogen-bond acceptors (Lipinski definition) is 2. The first-order valence-electron chi connectivity index (χ1n) is 8.02. The molecule has 1 aliphatic carbocycles. The largest absolute Gasteiger partial charge is 0.370 e. The summed E-state index contributed by atoms with van der Waals surface area (Å²) >= 11 is 0. The monoisotopic (exact) mass is 331 g/mol. The number of nitrogens with zero attached hydrogens (tertiary/aromatic N) is 3. The molecule has 0 atom stereocenters. The molecule has 4 N–H and O–H groups in total. The van der Waals surface area contributed by atoms with Crippen molar-refractivity contribution in [2.45, 2.75) is 12.8 Å². The van der Waals surface area contributed by atoms with E-state index in [1.807, 2.05) is 41.1 Å². The van der Waals surface area contributed by atoms with Gasteiger partial charge in [0, 0.05) is 24.2 Å². The number of rotatable bonds is 2. The van der Waals surface area contributed by atoms with Gasteiger partial charge in [0.05, 0.1) is 0 Å². The summed E-state index contributed by atoms with van der Waals surface area (Å²) in [5.41, 5.74) is 16.5. The summed E-state index contributed by atoms with van der Waals surface area (Å²) in [6.07, 6.45) is 9.85. The zero-order chi connectivity index (χ0) is 17.4. The Morgan fingerprint density at radius 1 is 1.20 bits per heavy atom. The van der Waals surface area contributed by atoms with Crippen molar-refractivity contribution in [3.05, 3.63) is 77.3 Å². The molecule has 25 heavy (non-hydrogen) atoms. The molecular formula is C19H17N5O. The van der Waals surface area contributed by atoms with Gasteiger partial charge in [0.2, 0.25) is 0 Å². The molecule has 0 spiro atoms. The second kappa shape index (κ2) is 5.90. The summed E-state index contributed by atoms with van der Waals surface area (Å²) in [7, 11) is 0. The Bertz CT molecular complexity index is 1040. The first-order valence-corrected chi connectivity index (χ1v) is 8.02. The van der Waals surface area contributed by atoms with Crippen molar-refractivity contribution in [3.8, 4) is 0 Å². The molecular weight excluding hydrogens is 314 g/mol. The molecule has 6 nitrogen and oxygen atoms in total. The summed E-state index contributed by atoms with van der Waals surface area (Å²) in [4.78, 5) is 20.0. The van der Waals surface area contributed by atoms with E-state index in [-0.39, 0.29) is 5.96 Å². The number of fused-ring (bicyclic) bond motifs is 2. The lowest BCUT2D eigenvalue weighted by molar-refractivity contribution is 0.100. The predicted octanol–water partition coefficient (Wildman–Crippen LogP) is 2.13. The van der Waals surface area contributed by atoms with E-state index in [9.17, 15) is 4.79 Å². The number of pyridine rings is 1. The van der Waals surface area contributed by atoms with Crippen molar-refractivity contribution in [2.24, 2.45) is 16.5 Å². The van der Waals surface area contributed by atoms with Crippen LogP contribution in [0.15, 0.2) is 60.0 Å². The Balaban J connectivity index is 1.80. The molecule has 0 radical (unpaired) electrons. The van der Waals surface area contributed by atoms with Crippen LogP contribution in [0.2, 0.25) is 0 Å². The Labute approximate surface area is 144 Å². The SMILES string of the molecule is NC(N)=NC(=O)c1ccc2c(c1)C(c1ccc3nccn3c1)=CCC2. The number of nitrogens with two attached hydrogens (primary N) is 2. The fourth-order valence-corrected chi connectivity index (χ4v) is 3.19. The third-order valence-electron chi connectivity index (χ3n) is 4.34. The van der Waals surface area contributed by atoms with E-state index < -0.39 is 5.91 Å². The molecule has 2 aromatic heterocycles. The Hall–Kier alpha value is -3.41. The number of imidazole rings is 1. The number of benzene rings is 1. The van der Waals surface area contributed by atoms with Crippen LogP contribution in [-0.2, 0) is 6.42 Å². The molecule has 1 aliphatic rings. The molecule has 3 aromatic rings. The first-order chi connectivity index (χ1) is 12.1. The second-order valence-corrected chi connectivity index (χ2v) is 5.98. The number of aliphatic imine (C=N–C) groups is 1. The van der Waals surface area contributed by atoms with Crippen molar-refractivity contribution in [3.63, 3.8) is 0 Å². The molecule has 2 heterocycles. The summed E-state index contributed by atoms with van der Waals surface area (Å²) in [5, 5.41) is 0. The van der Waals surface area contributed by atoms with Crippen molar-refractivity contribution in [1.29, 1.82) is 0 Å². The number of aromatic nitrogens is 2. The van der Waals surface area contributed by atoms with Gasteiger partial charge in [-0.1, -0.05) is 12.1 Å². The van der Waals surface area contributed by atoms with Gasteiger partial charge in [-0.2, -0.15) is 4.99 Å². The minimum absolute atomic E-state index is 0.232. The number of hydrogen-bond donors (Lipinski definition) is 2. The third-order valence-corrected chi connectivity index (χ3v) is 4.34. The average molecular weight is 331 g/mol. The number of carbonyl (C=O) groups is 1. The maximum Gasteiger partial charge on any atom is 0.280 e. The standard InChI is InChI=1S/C19H17N5O/c20-19(21)23-18(25)13-5-4-12-2-1-3-15(16(12)10-13)14-6-7-17-22-8-9-24(17)11-14/h3-11H,1-2H2,(H4,20,21,23,25). The van der Waals surface area contributed by atoms with Crippen LogP contribution in [0.3, 0.4) is 0 Å². The van der Waals surface area contributed by atoms with Gasteiger partial charge in [-0.15, -0.1) is 0 Å². The molecule has 6 heteroatoms. The quantitative estimate of drug-likeness (QED) is 0.555. The molecule has 4 rings (SSSR count). The van der Waals surface area contributed by atoms with Gasteiger partial charge < -0.3 is 15.9 Å². The van der Waals surface area contributed by atoms with Crippen molar-refractivity contribution in [1.82, 2.24) is 9.38 Å². The van der Waals surface area contributed by atoms with Crippen LogP contribution >= 0.6 is 0 Å². The van der Waals surface area contributed by atoms with Crippen LogP contribution in [-0.4, -0.2) is 21.3 Å². The molecule has 124 valence electrons. The van der Waals surface area contributed by atoms with E-state index in [2.05, 4.69) is 16.1 Å². The van der Waals surface area contributed by atoms with Crippen molar-refractivity contribution < 1.29 is 4.79 Å². The normalized spacial score (nSPS) is 13.2. The molecule has 0 fully saturated rings. The van der Waals surface area contributed by atoms with Crippen LogP contribution in [0.1, 0.15) is 33.5 Å². The molecule has 0 saturated carbocycles. The van der Waals surface area contributed by atoms with Crippen molar-refractivity contribution in [2.75, 3.05) is 0 Å². The number of aryl methyl sites for hydroxylation is 1. The molecule has 0 aliphatic heterocycles. The summed E-state index contributed by atoms with van der Waals surface area (Å²) in [5.74, 6) is -0.665. The fourth-order valence-electron chi connectivity index (χ4n) is 3.19. The van der Waals surface area contributed by atoms with Crippen LogP contribution < -0.4 is 11.5 Å². The van der Waals surface area contributed by atoms with E-state index in [1.165, 1.54) is 5.56 Å². The number of carbonyl (C=O) groups excluding carboxylic acids is 1. The van der Waals surface area contributed by atoms with E-state index in [1.54, 1.807) is 12.3 Å². The Kier molecular flexibility index (Phi) is 3.57. The van der Waals surface area contributed by atoms with E-state index in [0.29, 0.717) is 5.56 Å². The van der Waals surface area contributed by atoms with Crippen molar-refractivity contribution >= 4 is 23.1 Å². The highest BCUT2D eigenvalue weighted by Gasteiger charge is 2.17. The third kappa shape index (κ3) is 2.78. The predicted molar refractivity (Wildman–Crippen MR) is 97.2 cm³/mol. The fraction of sp³-hybridized carbons (Fsp3) is 0.105. The maximum atomic E-state index is 12.1. The lowest BCUT2D eigenvalue weighted by Crippen LogP contribution is -2.24. The summed E-state index contributed by atoms with van der Waals surface area (Å²) in [6.45, 7) is 0. The molecule has 0 bridgehead atoms. The Morgan fingerprint density at radius 2 is 2.08 bits per heavy atom. The van der Waals surface area contributed by atoms with E-state index in [0.717, 1.165) is 35.2 Å². The maximum absolute atomic E-state index is 12.1. The molecule has 1 aromatic carbocycles. The average Bonchev–Trinajstić information content (AvgIpc) is 3.07. The first kappa shape index (κ1) is 15.1. The lowest BCUT2D eigenvalue weighted by Gasteiger charge is -2.19. The number of guanidine groups is 1. The highest BCUT2D eigenvalue weighted by molar-refractivity contribution is 6.02. The molecule has 0 unspecified atom stereocenters. The van der Waals surface area contributed by atoms with E-state index >= 15 is 0 Å². The van der Waals surface area contributed by atoms with Crippen LogP contribution in [0.25, 0.3) is 11.2 Å². The minimum Gasteiger partial charge on any atom is -0.370 e. The van der Waals surface area contributed by atoms with E-state index in [4.69, 9.17) is 11.5 Å². The number of amides is 1. The smallest absolute Gasteiger partial charge is 0.280 e. The van der Waals surface area contributed by atoms with Crippen LogP contribution in [0.5, 0.6) is 0 Å². The molecule has 0 saturated heterocycles. The summed E-state index contributed by atoms with van der Waals surface area (Å²) < 4.78 is 1.98. The highest BCUT2D eigenvalue weighted by atomic mass is 16.1. The van der Waals surface area contributed by atoms with Gasteiger partial charge in [-0.3, -0.25) is 4.79 Å². The zero-order valence-corrected chi connectivity index (χ0v) is 13.5. The van der Waals surface area contributed by atoms with Gasteiger partial charge in [0.1, 0.15) is 5.65 Å². The Morgan fingerprint density at radius 3 is 2.92 bits per heavy atom. The zero-order valence-electron chi connectivity index (χ0n) is 13.5. The molecule has 1 amide bonds. The summed E-state index contributed by atoms with van der Waals surface area (Å²) in [6, 6.07) is 9.66. The van der Waals surface area contributed by atoms with Crippen LogP contribution in [0, 0.1) is 0 Å². The number of allylic oxidation sites excluding steroid dienone is 1. The highest BCUT2D eigenvalue weighted by Crippen LogP contribution is 2.32. The van der Waals surface area contributed by atoms with Gasteiger partial charge in [0.15, 0.2) is 5.96 Å². The van der Waals surface area contributed by atoms with Gasteiger partial charge in [-0.05, 0) is 59.4 Å².